The molecule has 0 bridgehead atoms. The number of aliphatic hydroxyl groups is 1. The van der Waals surface area contributed by atoms with Crippen LogP contribution in [0.1, 0.15) is 35.1 Å². The van der Waals surface area contributed by atoms with Gasteiger partial charge in [-0.15, -0.1) is 0 Å². The van der Waals surface area contributed by atoms with Gasteiger partial charge in [-0.2, -0.15) is 0 Å². The number of nitrogens with zero attached hydrogens (tertiary/aromatic N) is 2. The Hall–Kier alpha value is -2.95. The van der Waals surface area contributed by atoms with Crippen molar-refractivity contribution in [3.63, 3.8) is 0 Å². The highest BCUT2D eigenvalue weighted by molar-refractivity contribution is 5.87. The normalized spacial score (nSPS) is 17.6. The number of aliphatic hydroxyl groups excluding tert-OH is 1. The molecule has 1 amide bonds. The Morgan fingerprint density at radius 3 is 1.84 bits per heavy atom. The number of likely N-dealkylation sites (tertiary alicyclic amines) is 1. The van der Waals surface area contributed by atoms with Gasteiger partial charge in [-0.3, -0.25) is 9.69 Å². The second-order valence-corrected chi connectivity index (χ2v) is 8.33. The molecule has 3 aromatic rings. The van der Waals surface area contributed by atoms with Crippen molar-refractivity contribution in [2.24, 2.45) is 0 Å². The lowest BCUT2D eigenvalue weighted by molar-refractivity contribution is -0.133. The lowest BCUT2D eigenvalue weighted by Gasteiger charge is -2.34. The fraction of sp³-hybridized carbons (Fsp3) is 0.296. The number of hydrogen-bond acceptors (Lipinski definition) is 3. The molecule has 0 spiro atoms. The van der Waals surface area contributed by atoms with Gasteiger partial charge >= 0.3 is 0 Å². The summed E-state index contributed by atoms with van der Waals surface area (Å²) in [6, 6.07) is 30.1. The molecular weight excluding hydrogens is 384 g/mol. The fourth-order valence-corrected chi connectivity index (χ4v) is 4.48. The SMILES string of the molecule is CN(C(=O)C(c1ccccc1)c1ccccc1)[C@H](CN1CC[C@@H](O)C1)c1ccccc1. The first-order chi connectivity index (χ1) is 15.1. The maximum Gasteiger partial charge on any atom is 0.234 e. The van der Waals surface area contributed by atoms with E-state index in [1.165, 1.54) is 0 Å². The van der Waals surface area contributed by atoms with Gasteiger partial charge in [-0.1, -0.05) is 91.0 Å². The van der Waals surface area contributed by atoms with Crippen molar-refractivity contribution < 1.29 is 9.90 Å². The molecule has 0 aliphatic carbocycles. The van der Waals surface area contributed by atoms with Gasteiger partial charge in [0.1, 0.15) is 0 Å². The third kappa shape index (κ3) is 5.04. The van der Waals surface area contributed by atoms with Gasteiger partial charge < -0.3 is 10.0 Å². The van der Waals surface area contributed by atoms with Crippen molar-refractivity contribution in [1.82, 2.24) is 9.80 Å². The van der Waals surface area contributed by atoms with E-state index in [-0.39, 0.29) is 24.0 Å². The van der Waals surface area contributed by atoms with Crippen molar-refractivity contribution in [2.45, 2.75) is 24.5 Å². The van der Waals surface area contributed by atoms with Crippen LogP contribution >= 0.6 is 0 Å². The zero-order valence-electron chi connectivity index (χ0n) is 18.0. The third-order valence-electron chi connectivity index (χ3n) is 6.19. The van der Waals surface area contributed by atoms with E-state index in [0.717, 1.165) is 29.7 Å². The van der Waals surface area contributed by atoms with Crippen LogP contribution in [-0.4, -0.2) is 53.6 Å². The van der Waals surface area contributed by atoms with E-state index in [9.17, 15) is 9.90 Å². The standard InChI is InChI=1S/C27H30N2O2/c1-28(25(21-11-5-2-6-12-21)20-29-18-17-24(30)19-29)27(31)26(22-13-7-3-8-14-22)23-15-9-4-10-16-23/h2-16,24-26,30H,17-20H2,1H3/t24-,25-/m1/s1. The summed E-state index contributed by atoms with van der Waals surface area (Å²) in [5.74, 6) is -0.284. The lowest BCUT2D eigenvalue weighted by atomic mass is 9.89. The molecular formula is C27H30N2O2. The molecule has 4 nitrogen and oxygen atoms in total. The van der Waals surface area contributed by atoms with Gasteiger partial charge in [-0.25, -0.2) is 0 Å². The molecule has 1 fully saturated rings. The van der Waals surface area contributed by atoms with Gasteiger partial charge in [-0.05, 0) is 23.1 Å². The monoisotopic (exact) mass is 414 g/mol. The van der Waals surface area contributed by atoms with Crippen molar-refractivity contribution >= 4 is 5.91 Å². The largest absolute Gasteiger partial charge is 0.392 e. The summed E-state index contributed by atoms with van der Waals surface area (Å²) >= 11 is 0. The van der Waals surface area contributed by atoms with Gasteiger partial charge in [0.25, 0.3) is 0 Å². The average Bonchev–Trinajstić information content (AvgIpc) is 3.24. The van der Waals surface area contributed by atoms with Crippen LogP contribution in [0, 0.1) is 0 Å². The quantitative estimate of drug-likeness (QED) is 0.633. The third-order valence-corrected chi connectivity index (χ3v) is 6.19. The first-order valence-electron chi connectivity index (χ1n) is 11.0. The van der Waals surface area contributed by atoms with E-state index in [2.05, 4.69) is 17.0 Å². The van der Waals surface area contributed by atoms with Crippen LogP contribution in [0.3, 0.4) is 0 Å². The number of carbonyl (C=O) groups excluding carboxylic acids is 1. The van der Waals surface area contributed by atoms with Crippen LogP contribution in [0.4, 0.5) is 0 Å². The number of carbonyl (C=O) groups is 1. The molecule has 0 unspecified atom stereocenters. The Balaban J connectivity index is 1.66. The Morgan fingerprint density at radius 1 is 0.903 bits per heavy atom. The van der Waals surface area contributed by atoms with E-state index < -0.39 is 0 Å². The summed E-state index contributed by atoms with van der Waals surface area (Å²) in [6.45, 7) is 2.22. The highest BCUT2D eigenvalue weighted by Gasteiger charge is 2.32. The first kappa shape index (κ1) is 21.3. The Bertz CT molecular complexity index is 923. The highest BCUT2D eigenvalue weighted by atomic mass is 16.3. The molecule has 160 valence electrons. The molecule has 1 saturated heterocycles. The van der Waals surface area contributed by atoms with Crippen LogP contribution < -0.4 is 0 Å². The fourth-order valence-electron chi connectivity index (χ4n) is 4.48. The smallest absolute Gasteiger partial charge is 0.234 e. The molecule has 4 heteroatoms. The molecule has 1 aliphatic heterocycles. The van der Waals surface area contributed by atoms with Gasteiger partial charge in [0.15, 0.2) is 0 Å². The molecule has 2 atom stereocenters. The van der Waals surface area contributed by atoms with Crippen LogP contribution in [0.5, 0.6) is 0 Å². The van der Waals surface area contributed by atoms with Gasteiger partial charge in [0, 0.05) is 26.7 Å². The minimum absolute atomic E-state index is 0.0750. The van der Waals surface area contributed by atoms with Crippen molar-refractivity contribution in [2.75, 3.05) is 26.7 Å². The second-order valence-electron chi connectivity index (χ2n) is 8.33. The minimum Gasteiger partial charge on any atom is -0.392 e. The second kappa shape index (κ2) is 9.90. The number of amides is 1. The molecule has 0 saturated carbocycles. The first-order valence-corrected chi connectivity index (χ1v) is 11.0. The molecule has 1 N–H and O–H groups in total. The number of β-amino-alcohol motifs (C(OH)–C–C–N with tert-alkyl or cyclic N) is 1. The van der Waals surface area contributed by atoms with Gasteiger partial charge in [0.2, 0.25) is 5.91 Å². The summed E-state index contributed by atoms with van der Waals surface area (Å²) in [7, 11) is 1.91. The van der Waals surface area contributed by atoms with Crippen LogP contribution in [0.25, 0.3) is 0 Å². The Morgan fingerprint density at radius 2 is 1.39 bits per heavy atom. The lowest BCUT2D eigenvalue weighted by Crippen LogP contribution is -2.41. The van der Waals surface area contributed by atoms with Crippen molar-refractivity contribution in [3.8, 4) is 0 Å². The summed E-state index contributed by atoms with van der Waals surface area (Å²) in [6.07, 6.45) is 0.509. The van der Waals surface area contributed by atoms with Crippen molar-refractivity contribution in [3.05, 3.63) is 108 Å². The average molecular weight is 415 g/mol. The van der Waals surface area contributed by atoms with E-state index in [1.807, 2.05) is 90.8 Å². The number of rotatable bonds is 7. The molecule has 1 aliphatic rings. The molecule has 4 rings (SSSR count). The van der Waals surface area contributed by atoms with Gasteiger partial charge in [0.05, 0.1) is 18.1 Å². The number of likely N-dealkylation sites (N-methyl/N-ethyl adjacent to an activating group) is 1. The predicted octanol–water partition coefficient (Wildman–Crippen LogP) is 4.08. The molecule has 0 radical (unpaired) electrons. The van der Waals surface area contributed by atoms with E-state index in [1.54, 1.807) is 0 Å². The number of hydrogen-bond donors (Lipinski definition) is 1. The molecule has 3 aromatic carbocycles. The summed E-state index contributed by atoms with van der Waals surface area (Å²) in [5.41, 5.74) is 3.10. The van der Waals surface area contributed by atoms with Crippen molar-refractivity contribution in [1.29, 1.82) is 0 Å². The summed E-state index contributed by atoms with van der Waals surface area (Å²) < 4.78 is 0. The van der Waals surface area contributed by atoms with E-state index >= 15 is 0 Å². The number of benzene rings is 3. The highest BCUT2D eigenvalue weighted by Crippen LogP contribution is 2.31. The maximum atomic E-state index is 14.0. The Kier molecular flexibility index (Phi) is 6.80. The maximum absolute atomic E-state index is 14.0. The Labute approximate surface area is 184 Å². The zero-order chi connectivity index (χ0) is 21.6. The van der Waals surface area contributed by atoms with Crippen LogP contribution in [0.15, 0.2) is 91.0 Å². The molecule has 0 aromatic heterocycles. The van der Waals surface area contributed by atoms with Crippen LogP contribution in [-0.2, 0) is 4.79 Å². The summed E-state index contributed by atoms with van der Waals surface area (Å²) in [5, 5.41) is 9.99. The topological polar surface area (TPSA) is 43.8 Å². The van der Waals surface area contributed by atoms with E-state index in [4.69, 9.17) is 0 Å². The molecule has 1 heterocycles. The predicted molar refractivity (Wildman–Crippen MR) is 124 cm³/mol. The van der Waals surface area contributed by atoms with E-state index in [0.29, 0.717) is 13.1 Å². The summed E-state index contributed by atoms with van der Waals surface area (Å²) in [4.78, 5) is 18.1. The molecule has 31 heavy (non-hydrogen) atoms. The van der Waals surface area contributed by atoms with Crippen LogP contribution in [0.2, 0.25) is 0 Å². The minimum atomic E-state index is -0.359. The zero-order valence-corrected chi connectivity index (χ0v) is 18.0.